The molecule has 118 valence electrons. The normalized spacial score (nSPS) is 22.1. The van der Waals surface area contributed by atoms with Gasteiger partial charge in [0.1, 0.15) is 11.7 Å². The van der Waals surface area contributed by atoms with Crippen molar-refractivity contribution in [3.05, 3.63) is 12.0 Å². The molecule has 1 atom stereocenters. The maximum absolute atomic E-state index is 12.6. The molecule has 0 radical (unpaired) electrons. The average molecular weight is 304 g/mol. The minimum atomic E-state index is -1.15. The van der Waals surface area contributed by atoms with Gasteiger partial charge in [0.15, 0.2) is 5.82 Å². The lowest BCUT2D eigenvalue weighted by molar-refractivity contribution is -0.120. The first-order valence-electron chi connectivity index (χ1n) is 7.70. The Labute approximate surface area is 129 Å². The number of carboxylic acids is 1. The molecule has 0 spiro atoms. The molecule has 1 N–H and O–H groups in total. The fourth-order valence-electron chi connectivity index (χ4n) is 3.49. The van der Waals surface area contributed by atoms with Gasteiger partial charge in [-0.25, -0.2) is 14.8 Å². The number of carbonyl (C=O) groups excluding carboxylic acids is 1. The standard InChI is InChI=1S/C15H20N4O3/c1-3-10-14(20)18(2)11-8-16-12(15(21)22)17-13(11)19(10)9-6-4-5-7-9/h8-10H,3-7H2,1-2H3,(H,21,22). The van der Waals surface area contributed by atoms with Crippen LogP contribution in [-0.2, 0) is 4.79 Å². The first kappa shape index (κ1) is 14.7. The number of aromatic nitrogens is 2. The molecular weight excluding hydrogens is 284 g/mol. The zero-order chi connectivity index (χ0) is 15.9. The number of carboxylic acid groups (broad SMARTS) is 1. The topological polar surface area (TPSA) is 86.6 Å². The molecule has 22 heavy (non-hydrogen) atoms. The lowest BCUT2D eigenvalue weighted by Gasteiger charge is -2.43. The smallest absolute Gasteiger partial charge is 0.374 e. The molecule has 1 fully saturated rings. The average Bonchev–Trinajstić information content (AvgIpc) is 3.03. The van der Waals surface area contributed by atoms with E-state index < -0.39 is 5.97 Å². The van der Waals surface area contributed by atoms with Gasteiger partial charge in [-0.2, -0.15) is 0 Å². The van der Waals surface area contributed by atoms with Crippen LogP contribution in [0, 0.1) is 0 Å². The molecule has 2 aliphatic rings. The van der Waals surface area contributed by atoms with E-state index >= 15 is 0 Å². The Hall–Kier alpha value is -2.18. The van der Waals surface area contributed by atoms with Crippen LogP contribution in [-0.4, -0.2) is 46.1 Å². The molecule has 1 aliphatic heterocycles. The summed E-state index contributed by atoms with van der Waals surface area (Å²) in [5.41, 5.74) is 0.589. The molecule has 1 aromatic heterocycles. The van der Waals surface area contributed by atoms with Gasteiger partial charge in [0.05, 0.1) is 6.20 Å². The van der Waals surface area contributed by atoms with E-state index in [2.05, 4.69) is 9.97 Å². The Bertz CT molecular complexity index is 613. The highest BCUT2D eigenvalue weighted by Gasteiger charge is 2.41. The number of amides is 1. The minimum absolute atomic E-state index is 0.0218. The SMILES string of the molecule is CCC1C(=O)N(C)c2cnc(C(=O)O)nc2N1C1CCCC1. The second kappa shape index (κ2) is 5.55. The van der Waals surface area contributed by atoms with E-state index in [4.69, 9.17) is 5.11 Å². The lowest BCUT2D eigenvalue weighted by Crippen LogP contribution is -2.55. The number of nitrogens with zero attached hydrogens (tertiary/aromatic N) is 4. The number of hydrogen-bond acceptors (Lipinski definition) is 5. The summed E-state index contributed by atoms with van der Waals surface area (Å²) in [5.74, 6) is -0.775. The third kappa shape index (κ3) is 2.20. The number of hydrogen-bond donors (Lipinski definition) is 1. The summed E-state index contributed by atoms with van der Waals surface area (Å²) >= 11 is 0. The van der Waals surface area contributed by atoms with Crippen molar-refractivity contribution in [3.63, 3.8) is 0 Å². The van der Waals surface area contributed by atoms with Crippen LogP contribution in [0.5, 0.6) is 0 Å². The highest BCUT2D eigenvalue weighted by atomic mass is 16.4. The lowest BCUT2D eigenvalue weighted by atomic mass is 10.0. The summed E-state index contributed by atoms with van der Waals surface area (Å²) in [5, 5.41) is 9.15. The van der Waals surface area contributed by atoms with E-state index in [1.54, 1.807) is 11.9 Å². The zero-order valence-corrected chi connectivity index (χ0v) is 12.8. The molecule has 0 saturated heterocycles. The fourth-order valence-corrected chi connectivity index (χ4v) is 3.49. The van der Waals surface area contributed by atoms with Gasteiger partial charge >= 0.3 is 5.97 Å². The van der Waals surface area contributed by atoms with Crippen LogP contribution in [0.25, 0.3) is 0 Å². The number of fused-ring (bicyclic) bond motifs is 1. The fraction of sp³-hybridized carbons (Fsp3) is 0.600. The van der Waals surface area contributed by atoms with Crippen molar-refractivity contribution in [2.24, 2.45) is 0 Å². The van der Waals surface area contributed by atoms with Crippen molar-refractivity contribution in [1.82, 2.24) is 9.97 Å². The summed E-state index contributed by atoms with van der Waals surface area (Å²) in [6.45, 7) is 1.97. The van der Waals surface area contributed by atoms with Gasteiger partial charge in [0.25, 0.3) is 0 Å². The molecular formula is C15H20N4O3. The van der Waals surface area contributed by atoms with Crippen LogP contribution in [0.3, 0.4) is 0 Å². The van der Waals surface area contributed by atoms with E-state index in [1.807, 2.05) is 11.8 Å². The maximum Gasteiger partial charge on any atom is 0.374 e. The van der Waals surface area contributed by atoms with Crippen LogP contribution < -0.4 is 9.80 Å². The molecule has 0 aromatic carbocycles. The molecule has 1 aliphatic carbocycles. The van der Waals surface area contributed by atoms with Crippen molar-refractivity contribution in [2.45, 2.75) is 51.1 Å². The van der Waals surface area contributed by atoms with E-state index in [9.17, 15) is 9.59 Å². The van der Waals surface area contributed by atoms with Crippen molar-refractivity contribution < 1.29 is 14.7 Å². The highest BCUT2D eigenvalue weighted by Crippen LogP contribution is 2.39. The number of anilines is 2. The molecule has 1 aromatic rings. The number of likely N-dealkylation sites (N-methyl/N-ethyl adjacent to an activating group) is 1. The number of rotatable bonds is 3. The minimum Gasteiger partial charge on any atom is -0.475 e. The van der Waals surface area contributed by atoms with E-state index in [0.717, 1.165) is 25.7 Å². The Balaban J connectivity index is 2.13. The predicted octanol–water partition coefficient (Wildman–Crippen LogP) is 1.68. The van der Waals surface area contributed by atoms with Gasteiger partial charge < -0.3 is 14.9 Å². The molecule has 7 heteroatoms. The third-order valence-electron chi connectivity index (χ3n) is 4.60. The van der Waals surface area contributed by atoms with Crippen molar-refractivity contribution in [1.29, 1.82) is 0 Å². The van der Waals surface area contributed by atoms with Gasteiger partial charge in [-0.05, 0) is 19.3 Å². The zero-order valence-electron chi connectivity index (χ0n) is 12.8. The Morgan fingerprint density at radius 2 is 2.09 bits per heavy atom. The quantitative estimate of drug-likeness (QED) is 0.914. The summed E-state index contributed by atoms with van der Waals surface area (Å²) in [6, 6.07) is -0.0324. The summed E-state index contributed by atoms with van der Waals surface area (Å²) in [7, 11) is 1.69. The highest BCUT2D eigenvalue weighted by molar-refractivity contribution is 6.04. The first-order chi connectivity index (χ1) is 10.5. The number of aromatic carboxylic acids is 1. The largest absolute Gasteiger partial charge is 0.475 e. The van der Waals surface area contributed by atoms with Crippen LogP contribution in [0.15, 0.2) is 6.20 Å². The first-order valence-corrected chi connectivity index (χ1v) is 7.70. The van der Waals surface area contributed by atoms with Gasteiger partial charge in [-0.1, -0.05) is 19.8 Å². The summed E-state index contributed by atoms with van der Waals surface area (Å²) in [4.78, 5) is 35.5. The van der Waals surface area contributed by atoms with Crippen LogP contribution in [0.4, 0.5) is 11.5 Å². The predicted molar refractivity (Wildman–Crippen MR) is 81.2 cm³/mol. The molecule has 2 heterocycles. The molecule has 3 rings (SSSR count). The summed E-state index contributed by atoms with van der Waals surface area (Å²) in [6.07, 6.45) is 6.41. The van der Waals surface area contributed by atoms with Crippen LogP contribution >= 0.6 is 0 Å². The summed E-state index contributed by atoms with van der Waals surface area (Å²) < 4.78 is 0. The monoisotopic (exact) mass is 304 g/mol. The Kier molecular flexibility index (Phi) is 3.72. The van der Waals surface area contributed by atoms with E-state index in [1.165, 1.54) is 6.20 Å². The van der Waals surface area contributed by atoms with Gasteiger partial charge in [-0.15, -0.1) is 0 Å². The molecule has 1 amide bonds. The van der Waals surface area contributed by atoms with Crippen LogP contribution in [0.1, 0.15) is 49.6 Å². The van der Waals surface area contributed by atoms with E-state index in [-0.39, 0.29) is 23.8 Å². The Morgan fingerprint density at radius 1 is 1.41 bits per heavy atom. The second-order valence-corrected chi connectivity index (χ2v) is 5.87. The van der Waals surface area contributed by atoms with Crippen molar-refractivity contribution in [2.75, 3.05) is 16.8 Å². The molecule has 0 bridgehead atoms. The Morgan fingerprint density at radius 3 is 2.68 bits per heavy atom. The van der Waals surface area contributed by atoms with E-state index in [0.29, 0.717) is 17.9 Å². The van der Waals surface area contributed by atoms with Gasteiger partial charge in [-0.3, -0.25) is 4.79 Å². The maximum atomic E-state index is 12.6. The molecule has 1 unspecified atom stereocenters. The van der Waals surface area contributed by atoms with Crippen molar-refractivity contribution in [3.8, 4) is 0 Å². The van der Waals surface area contributed by atoms with Crippen LogP contribution in [0.2, 0.25) is 0 Å². The number of carbonyl (C=O) groups is 2. The third-order valence-corrected chi connectivity index (χ3v) is 4.60. The van der Waals surface area contributed by atoms with Gasteiger partial charge in [0, 0.05) is 13.1 Å². The molecule has 7 nitrogen and oxygen atoms in total. The second-order valence-electron chi connectivity index (χ2n) is 5.87. The van der Waals surface area contributed by atoms with Crippen molar-refractivity contribution >= 4 is 23.4 Å². The van der Waals surface area contributed by atoms with Gasteiger partial charge in [0.2, 0.25) is 11.7 Å². The molecule has 1 saturated carbocycles.